The number of hydrogen-bond acceptors (Lipinski definition) is 8. The molecule has 14 heteroatoms. The summed E-state index contributed by atoms with van der Waals surface area (Å²) >= 11 is 0. The van der Waals surface area contributed by atoms with Crippen LogP contribution in [0.1, 0.15) is 88.0 Å². The Labute approximate surface area is 314 Å². The first-order valence-electron chi connectivity index (χ1n) is 18.7. The number of hydrogen-bond donors (Lipinski definition) is 3. The molecule has 290 valence electrons. The van der Waals surface area contributed by atoms with Gasteiger partial charge in [0, 0.05) is 24.4 Å². The fraction of sp³-hybridized carbons (Fsp3) is 0.525. The van der Waals surface area contributed by atoms with Gasteiger partial charge in [0.25, 0.3) is 5.91 Å². The van der Waals surface area contributed by atoms with Crippen LogP contribution in [-0.4, -0.2) is 75.6 Å². The first kappa shape index (κ1) is 38.6. The number of nitrogens with one attached hydrogen (secondary N) is 3. The highest BCUT2D eigenvalue weighted by atomic mass is 19.1. The van der Waals surface area contributed by atoms with Crippen molar-refractivity contribution in [2.24, 2.45) is 5.92 Å². The van der Waals surface area contributed by atoms with Crippen LogP contribution in [0.2, 0.25) is 0 Å². The third kappa shape index (κ3) is 8.79. The van der Waals surface area contributed by atoms with Gasteiger partial charge in [-0.25, -0.2) is 14.0 Å². The molecule has 0 unspecified atom stereocenters. The van der Waals surface area contributed by atoms with Gasteiger partial charge in [0.2, 0.25) is 11.8 Å². The van der Waals surface area contributed by atoms with Gasteiger partial charge in [0.05, 0.1) is 13.1 Å². The highest BCUT2D eigenvalue weighted by Crippen LogP contribution is 2.45. The standard InChI is InChI=1S/C40H50FN5O8/c1-24-16-17-28(18-25(24)2)54-44-36(49)40-20-27(40)13-9-7-6-8-10-15-32(42-37(50)53-39(3,4)5)35(48)46-22-29(19-33(46)34(47)43-40)52-38(51)45-21-26-12-11-14-31(41)30(26)23-45/h9,11-14,16-18,27,29,32-33H,6-8,10,15,19-23H2,1-5H3,(H,42,50)(H,43,47)(H,44,49)/t27-,29-,32+,33+,40-/m1/s1. The highest BCUT2D eigenvalue weighted by Gasteiger charge is 2.61. The second-order valence-electron chi connectivity index (χ2n) is 15.8. The van der Waals surface area contributed by atoms with Gasteiger partial charge in [-0.3, -0.25) is 19.3 Å². The van der Waals surface area contributed by atoms with E-state index >= 15 is 0 Å². The van der Waals surface area contributed by atoms with E-state index in [1.165, 1.54) is 15.9 Å². The maximum absolute atomic E-state index is 14.5. The number of ether oxygens (including phenoxy) is 2. The summed E-state index contributed by atoms with van der Waals surface area (Å²) in [5.41, 5.74) is 3.50. The monoisotopic (exact) mass is 747 g/mol. The number of carbonyl (C=O) groups is 5. The minimum atomic E-state index is -1.35. The Morgan fingerprint density at radius 3 is 2.56 bits per heavy atom. The fourth-order valence-electron chi connectivity index (χ4n) is 7.32. The van der Waals surface area contributed by atoms with E-state index in [1.807, 2.05) is 32.1 Å². The molecule has 0 spiro atoms. The summed E-state index contributed by atoms with van der Waals surface area (Å²) in [7, 11) is 0. The van der Waals surface area contributed by atoms with Gasteiger partial charge < -0.3 is 29.8 Å². The van der Waals surface area contributed by atoms with Crippen molar-refractivity contribution in [3.8, 4) is 5.75 Å². The number of rotatable bonds is 5. The van der Waals surface area contributed by atoms with Crippen LogP contribution in [0.4, 0.5) is 14.0 Å². The number of hydroxylamine groups is 1. The number of aryl methyl sites for hydroxylation is 2. The Kier molecular flexibility index (Phi) is 11.2. The molecule has 0 radical (unpaired) electrons. The molecule has 2 aromatic rings. The zero-order valence-corrected chi connectivity index (χ0v) is 31.5. The van der Waals surface area contributed by atoms with E-state index in [0.29, 0.717) is 36.1 Å². The van der Waals surface area contributed by atoms with Crippen molar-refractivity contribution >= 4 is 29.9 Å². The highest BCUT2D eigenvalue weighted by molar-refractivity contribution is 5.98. The van der Waals surface area contributed by atoms with Gasteiger partial charge in [-0.2, -0.15) is 5.48 Å². The number of benzene rings is 2. The zero-order chi connectivity index (χ0) is 38.8. The van der Waals surface area contributed by atoms with E-state index in [4.69, 9.17) is 14.3 Å². The molecule has 0 bridgehead atoms. The van der Waals surface area contributed by atoms with Crippen LogP contribution >= 0.6 is 0 Å². The third-order valence-electron chi connectivity index (χ3n) is 10.5. The van der Waals surface area contributed by atoms with E-state index in [-0.39, 0.29) is 32.0 Å². The van der Waals surface area contributed by atoms with Crippen molar-refractivity contribution in [1.82, 2.24) is 25.9 Å². The van der Waals surface area contributed by atoms with Crippen molar-refractivity contribution in [2.75, 3.05) is 6.54 Å². The van der Waals surface area contributed by atoms with Crippen LogP contribution in [0, 0.1) is 25.6 Å². The summed E-state index contributed by atoms with van der Waals surface area (Å²) in [5.74, 6) is -1.99. The molecule has 1 saturated heterocycles. The minimum absolute atomic E-state index is 0.0266. The first-order chi connectivity index (χ1) is 25.6. The lowest BCUT2D eigenvalue weighted by atomic mass is 10.0. The van der Waals surface area contributed by atoms with Crippen molar-refractivity contribution in [3.63, 3.8) is 0 Å². The maximum atomic E-state index is 14.5. The molecule has 0 aromatic heterocycles. The fourth-order valence-corrected chi connectivity index (χ4v) is 7.32. The molecule has 4 aliphatic rings. The molecule has 3 N–H and O–H groups in total. The lowest BCUT2D eigenvalue weighted by Crippen LogP contribution is -2.58. The summed E-state index contributed by atoms with van der Waals surface area (Å²) in [6.07, 6.45) is 5.01. The van der Waals surface area contributed by atoms with Gasteiger partial charge in [0.15, 0.2) is 5.75 Å². The minimum Gasteiger partial charge on any atom is -0.444 e. The molecule has 5 atom stereocenters. The number of nitrogens with zero attached hydrogens (tertiary/aromatic N) is 2. The van der Waals surface area contributed by atoms with Gasteiger partial charge in [0.1, 0.15) is 35.1 Å². The predicted octanol–water partition coefficient (Wildman–Crippen LogP) is 5.26. The number of alkyl carbamates (subject to hydrolysis) is 1. The molecule has 2 fully saturated rings. The van der Waals surface area contributed by atoms with Gasteiger partial charge in [-0.05, 0) is 95.2 Å². The second-order valence-corrected chi connectivity index (χ2v) is 15.8. The van der Waals surface area contributed by atoms with Crippen LogP contribution in [0.15, 0.2) is 48.6 Å². The van der Waals surface area contributed by atoms with Crippen LogP contribution in [-0.2, 0) is 36.9 Å². The summed E-state index contributed by atoms with van der Waals surface area (Å²) in [6.45, 7) is 9.10. The number of halogens is 1. The van der Waals surface area contributed by atoms with Crippen molar-refractivity contribution in [1.29, 1.82) is 0 Å². The van der Waals surface area contributed by atoms with E-state index in [1.54, 1.807) is 45.0 Å². The molecule has 1 saturated carbocycles. The molecule has 1 aliphatic carbocycles. The van der Waals surface area contributed by atoms with Crippen LogP contribution in [0.5, 0.6) is 5.75 Å². The average Bonchev–Trinajstić information content (AvgIpc) is 3.40. The van der Waals surface area contributed by atoms with E-state index in [9.17, 15) is 28.4 Å². The Morgan fingerprint density at radius 1 is 1.02 bits per heavy atom. The molecule has 13 nitrogen and oxygen atoms in total. The SMILES string of the molecule is Cc1ccc(ONC(=O)[C@@]23C[C@H]2C=CCCCCC[C@H](NC(=O)OC(C)(C)C)C(=O)N2C[C@H](OC(=O)N4Cc5cccc(F)c5C4)C[C@H]2C(=O)N3)cc1C. The maximum Gasteiger partial charge on any atom is 0.410 e. The molecule has 2 aromatic carbocycles. The lowest BCUT2D eigenvalue weighted by Gasteiger charge is -2.30. The van der Waals surface area contributed by atoms with Gasteiger partial charge in [-0.1, -0.05) is 43.2 Å². The number of fused-ring (bicyclic) bond motifs is 3. The van der Waals surface area contributed by atoms with Crippen molar-refractivity contribution < 1.29 is 42.7 Å². The van der Waals surface area contributed by atoms with Crippen LogP contribution in [0.25, 0.3) is 0 Å². The molecule has 5 amide bonds. The van der Waals surface area contributed by atoms with Crippen molar-refractivity contribution in [3.05, 3.63) is 76.6 Å². The Bertz CT molecular complexity index is 1830. The largest absolute Gasteiger partial charge is 0.444 e. The molecular weight excluding hydrogens is 697 g/mol. The lowest BCUT2D eigenvalue weighted by molar-refractivity contribution is -0.142. The predicted molar refractivity (Wildman–Crippen MR) is 195 cm³/mol. The Morgan fingerprint density at radius 2 is 1.81 bits per heavy atom. The third-order valence-corrected chi connectivity index (χ3v) is 10.5. The molecular formula is C40H50FN5O8. The topological polar surface area (TPSA) is 156 Å². The Balaban J connectivity index is 1.24. The van der Waals surface area contributed by atoms with Gasteiger partial charge >= 0.3 is 12.2 Å². The summed E-state index contributed by atoms with van der Waals surface area (Å²) in [6, 6.07) is 7.91. The number of carbonyl (C=O) groups excluding carboxylic acids is 5. The molecule has 3 aliphatic heterocycles. The summed E-state index contributed by atoms with van der Waals surface area (Å²) < 4.78 is 25.8. The zero-order valence-electron chi connectivity index (χ0n) is 31.5. The normalized spacial score (nSPS) is 25.6. The smallest absolute Gasteiger partial charge is 0.410 e. The molecule has 6 rings (SSSR count). The average molecular weight is 748 g/mol. The first-order valence-corrected chi connectivity index (χ1v) is 18.7. The summed E-state index contributed by atoms with van der Waals surface area (Å²) in [4.78, 5) is 77.2. The molecule has 54 heavy (non-hydrogen) atoms. The summed E-state index contributed by atoms with van der Waals surface area (Å²) in [5, 5.41) is 5.65. The van der Waals surface area contributed by atoms with E-state index in [2.05, 4.69) is 16.1 Å². The van der Waals surface area contributed by atoms with Gasteiger partial charge in [-0.15, -0.1) is 0 Å². The van der Waals surface area contributed by atoms with Crippen LogP contribution < -0.4 is 21.0 Å². The van der Waals surface area contributed by atoms with E-state index < -0.39 is 65.1 Å². The van der Waals surface area contributed by atoms with Crippen LogP contribution in [0.3, 0.4) is 0 Å². The number of allylic oxidation sites excluding steroid dienone is 1. The second kappa shape index (κ2) is 15.7. The quantitative estimate of drug-likeness (QED) is 0.277. The van der Waals surface area contributed by atoms with E-state index in [0.717, 1.165) is 30.4 Å². The Hall–Kier alpha value is -5.14. The molecule has 3 heterocycles. The number of amides is 5. The van der Waals surface area contributed by atoms with Crippen molar-refractivity contribution in [2.45, 2.75) is 122 Å².